The van der Waals surface area contributed by atoms with Gasteiger partial charge >= 0.3 is 18.1 Å². The molecule has 0 radical (unpaired) electrons. The van der Waals surface area contributed by atoms with Gasteiger partial charge in [0.1, 0.15) is 0 Å². The van der Waals surface area contributed by atoms with E-state index < -0.39 is 30.6 Å². The fourth-order valence-electron chi connectivity index (χ4n) is 2.27. The van der Waals surface area contributed by atoms with E-state index in [-0.39, 0.29) is 11.3 Å². The number of aryl methyl sites for hydroxylation is 1. The lowest BCUT2D eigenvalue weighted by Gasteiger charge is -2.11. The number of benzene rings is 2. The van der Waals surface area contributed by atoms with Gasteiger partial charge in [-0.15, -0.1) is 0 Å². The molecule has 0 aliphatic rings. The standard InChI is InChI=1S/C19H16BrF3N2O4/c1-2-11-9-13(20)5-8-15(11)25-16(26)10-29-17(27)12-3-6-14(7-4-12)24-18(28)19(21,22)23/h3-9H,2,10H2,1H3,(H,24,28)(H,25,26). The van der Waals surface area contributed by atoms with Crippen molar-refractivity contribution in [3.05, 3.63) is 58.1 Å². The lowest BCUT2D eigenvalue weighted by atomic mass is 10.1. The molecule has 0 bridgehead atoms. The number of alkyl halides is 3. The Bertz CT molecular complexity index is 915. The van der Waals surface area contributed by atoms with Gasteiger partial charge in [0.25, 0.3) is 5.91 Å². The van der Waals surface area contributed by atoms with E-state index in [0.29, 0.717) is 12.1 Å². The Morgan fingerprint density at radius 2 is 1.69 bits per heavy atom. The van der Waals surface area contributed by atoms with E-state index in [0.717, 1.165) is 22.2 Å². The molecular weight excluding hydrogens is 457 g/mol. The van der Waals surface area contributed by atoms with Crippen molar-refractivity contribution in [3.8, 4) is 0 Å². The van der Waals surface area contributed by atoms with Crippen LogP contribution in [0.15, 0.2) is 46.9 Å². The molecule has 0 saturated heterocycles. The first-order valence-corrected chi connectivity index (χ1v) is 9.13. The molecule has 29 heavy (non-hydrogen) atoms. The summed E-state index contributed by atoms with van der Waals surface area (Å²) < 4.78 is 42.4. The van der Waals surface area contributed by atoms with Crippen molar-refractivity contribution in [2.24, 2.45) is 0 Å². The molecule has 0 aliphatic carbocycles. The lowest BCUT2D eigenvalue weighted by molar-refractivity contribution is -0.167. The van der Waals surface area contributed by atoms with Gasteiger partial charge < -0.3 is 15.4 Å². The number of rotatable bonds is 6. The summed E-state index contributed by atoms with van der Waals surface area (Å²) in [5, 5.41) is 4.31. The molecule has 2 N–H and O–H groups in total. The first kappa shape index (κ1) is 22.4. The third-order valence-electron chi connectivity index (χ3n) is 3.69. The lowest BCUT2D eigenvalue weighted by Crippen LogP contribution is -2.29. The van der Waals surface area contributed by atoms with Crippen LogP contribution >= 0.6 is 15.9 Å². The quantitative estimate of drug-likeness (QED) is 0.613. The molecule has 0 heterocycles. The van der Waals surface area contributed by atoms with Crippen LogP contribution in [-0.4, -0.2) is 30.6 Å². The van der Waals surface area contributed by atoms with Crippen molar-refractivity contribution in [1.29, 1.82) is 0 Å². The second-order valence-corrected chi connectivity index (χ2v) is 6.72. The van der Waals surface area contributed by atoms with E-state index in [1.54, 1.807) is 17.4 Å². The molecule has 0 aromatic heterocycles. The maximum atomic E-state index is 12.2. The summed E-state index contributed by atoms with van der Waals surface area (Å²) in [6.07, 6.45) is -4.33. The highest BCUT2D eigenvalue weighted by Crippen LogP contribution is 2.22. The molecule has 0 atom stereocenters. The SMILES string of the molecule is CCc1cc(Br)ccc1NC(=O)COC(=O)c1ccc(NC(=O)C(F)(F)F)cc1. The van der Waals surface area contributed by atoms with Crippen LogP contribution in [0.5, 0.6) is 0 Å². The minimum atomic E-state index is -5.02. The molecule has 0 unspecified atom stereocenters. The summed E-state index contributed by atoms with van der Waals surface area (Å²) in [5.74, 6) is -3.49. The number of esters is 1. The van der Waals surface area contributed by atoms with Gasteiger partial charge in [0.15, 0.2) is 6.61 Å². The molecule has 2 aromatic rings. The van der Waals surface area contributed by atoms with Crippen LogP contribution < -0.4 is 10.6 Å². The van der Waals surface area contributed by atoms with E-state index in [1.807, 2.05) is 13.0 Å². The smallest absolute Gasteiger partial charge is 0.452 e. The van der Waals surface area contributed by atoms with Crippen LogP contribution in [-0.2, 0) is 20.7 Å². The average molecular weight is 473 g/mol. The van der Waals surface area contributed by atoms with Crippen LogP contribution in [0.1, 0.15) is 22.8 Å². The predicted octanol–water partition coefficient (Wildman–Crippen LogP) is 4.31. The van der Waals surface area contributed by atoms with Gasteiger partial charge in [0, 0.05) is 15.8 Å². The highest BCUT2D eigenvalue weighted by atomic mass is 79.9. The number of carbonyl (C=O) groups excluding carboxylic acids is 3. The summed E-state index contributed by atoms with van der Waals surface area (Å²) >= 11 is 3.35. The van der Waals surface area contributed by atoms with Crippen LogP contribution in [0, 0.1) is 0 Å². The Morgan fingerprint density at radius 1 is 1.03 bits per heavy atom. The monoisotopic (exact) mass is 472 g/mol. The summed E-state index contributed by atoms with van der Waals surface area (Å²) in [4.78, 5) is 34.9. The van der Waals surface area contributed by atoms with Gasteiger partial charge in [0.05, 0.1) is 5.56 Å². The summed E-state index contributed by atoms with van der Waals surface area (Å²) in [6, 6.07) is 9.94. The van der Waals surface area contributed by atoms with E-state index >= 15 is 0 Å². The minimum absolute atomic E-state index is 0.0145. The molecular formula is C19H16BrF3N2O4. The summed E-state index contributed by atoms with van der Waals surface area (Å²) in [7, 11) is 0. The fourth-order valence-corrected chi connectivity index (χ4v) is 2.68. The number of hydrogen-bond donors (Lipinski definition) is 2. The molecule has 0 saturated carbocycles. The van der Waals surface area contributed by atoms with Gasteiger partial charge in [-0.2, -0.15) is 13.2 Å². The van der Waals surface area contributed by atoms with Crippen LogP contribution in [0.3, 0.4) is 0 Å². The normalized spacial score (nSPS) is 10.9. The molecule has 0 aliphatic heterocycles. The maximum absolute atomic E-state index is 12.2. The van der Waals surface area contributed by atoms with Gasteiger partial charge in [-0.25, -0.2) is 4.79 Å². The zero-order chi connectivity index (χ0) is 21.6. The number of halogens is 4. The van der Waals surface area contributed by atoms with Gasteiger partial charge in [-0.05, 0) is 54.4 Å². The number of nitrogens with one attached hydrogen (secondary N) is 2. The average Bonchev–Trinajstić information content (AvgIpc) is 2.67. The zero-order valence-corrected chi connectivity index (χ0v) is 16.7. The fraction of sp³-hybridized carbons (Fsp3) is 0.211. The molecule has 10 heteroatoms. The number of anilines is 2. The van der Waals surface area contributed by atoms with Crippen molar-refractivity contribution < 1.29 is 32.3 Å². The highest BCUT2D eigenvalue weighted by Gasteiger charge is 2.38. The number of hydrogen-bond acceptors (Lipinski definition) is 4. The van der Waals surface area contributed by atoms with Crippen molar-refractivity contribution in [1.82, 2.24) is 0 Å². The highest BCUT2D eigenvalue weighted by molar-refractivity contribution is 9.10. The minimum Gasteiger partial charge on any atom is -0.452 e. The van der Waals surface area contributed by atoms with E-state index in [2.05, 4.69) is 21.2 Å². The molecule has 0 spiro atoms. The Hall–Kier alpha value is -2.88. The summed E-state index contributed by atoms with van der Waals surface area (Å²) in [5.41, 5.74) is 1.38. The topological polar surface area (TPSA) is 84.5 Å². The van der Waals surface area contributed by atoms with E-state index in [4.69, 9.17) is 4.74 Å². The number of ether oxygens (including phenoxy) is 1. The van der Waals surface area contributed by atoms with Gasteiger partial charge in [-0.3, -0.25) is 9.59 Å². The third-order valence-corrected chi connectivity index (χ3v) is 4.19. The Balaban J connectivity index is 1.90. The molecule has 2 amide bonds. The number of amides is 2. The van der Waals surface area contributed by atoms with E-state index in [1.165, 1.54) is 12.1 Å². The predicted molar refractivity (Wildman–Crippen MR) is 104 cm³/mol. The zero-order valence-electron chi connectivity index (χ0n) is 15.1. The Labute approximate surface area is 172 Å². The van der Waals surface area contributed by atoms with Gasteiger partial charge in [-0.1, -0.05) is 22.9 Å². The molecule has 6 nitrogen and oxygen atoms in total. The first-order valence-electron chi connectivity index (χ1n) is 8.33. The Kier molecular flexibility index (Phi) is 7.38. The molecule has 2 rings (SSSR count). The summed E-state index contributed by atoms with van der Waals surface area (Å²) in [6.45, 7) is 1.39. The number of carbonyl (C=O) groups is 3. The molecule has 0 fully saturated rings. The van der Waals surface area contributed by atoms with Crippen molar-refractivity contribution in [2.75, 3.05) is 17.2 Å². The van der Waals surface area contributed by atoms with Crippen molar-refractivity contribution in [2.45, 2.75) is 19.5 Å². The molecule has 154 valence electrons. The maximum Gasteiger partial charge on any atom is 0.471 e. The van der Waals surface area contributed by atoms with Crippen LogP contribution in [0.25, 0.3) is 0 Å². The van der Waals surface area contributed by atoms with E-state index in [9.17, 15) is 27.6 Å². The van der Waals surface area contributed by atoms with Crippen molar-refractivity contribution >= 4 is 45.1 Å². The van der Waals surface area contributed by atoms with Crippen LogP contribution in [0.4, 0.5) is 24.5 Å². The second-order valence-electron chi connectivity index (χ2n) is 5.81. The molecule has 2 aromatic carbocycles. The van der Waals surface area contributed by atoms with Gasteiger partial charge in [0.2, 0.25) is 0 Å². The second kappa shape index (κ2) is 9.55. The van der Waals surface area contributed by atoms with Crippen molar-refractivity contribution in [3.63, 3.8) is 0 Å². The largest absolute Gasteiger partial charge is 0.471 e. The Morgan fingerprint density at radius 3 is 2.28 bits per heavy atom. The van der Waals surface area contributed by atoms with Crippen LogP contribution in [0.2, 0.25) is 0 Å². The third kappa shape index (κ3) is 6.60. The first-order chi connectivity index (χ1) is 13.6.